The predicted molar refractivity (Wildman–Crippen MR) is 61.4 cm³/mol. The van der Waals surface area contributed by atoms with Crippen LogP contribution in [0.25, 0.3) is 0 Å². The summed E-state index contributed by atoms with van der Waals surface area (Å²) in [6.07, 6.45) is 0. The highest BCUT2D eigenvalue weighted by Crippen LogP contribution is 2.17. The van der Waals surface area contributed by atoms with E-state index in [1.807, 2.05) is 25.3 Å². The van der Waals surface area contributed by atoms with E-state index in [2.05, 4.69) is 0 Å². The van der Waals surface area contributed by atoms with Crippen LogP contribution in [0.4, 0.5) is 0 Å². The monoisotopic (exact) mass is 231 g/mol. The first-order valence-corrected chi connectivity index (χ1v) is 6.01. The van der Waals surface area contributed by atoms with Gasteiger partial charge in [-0.25, -0.2) is 0 Å². The number of alkyl halides is 1. The Morgan fingerprint density at radius 1 is 1.64 bits per heavy atom. The Hall–Kier alpha value is -0.540. The smallest absolute Gasteiger partial charge is 0.264 e. The van der Waals surface area contributed by atoms with Gasteiger partial charge in [-0.2, -0.15) is 0 Å². The van der Waals surface area contributed by atoms with Crippen molar-refractivity contribution < 1.29 is 4.79 Å². The minimum Gasteiger partial charge on any atom is -0.337 e. The molecule has 0 spiro atoms. The first kappa shape index (κ1) is 11.5. The van der Waals surface area contributed by atoms with Crippen molar-refractivity contribution in [3.8, 4) is 0 Å². The normalized spacial score (nSPS) is 10.2. The Bertz CT molecular complexity index is 311. The lowest BCUT2D eigenvalue weighted by atomic mass is 10.2. The second-order valence-electron chi connectivity index (χ2n) is 3.01. The standard InChI is InChI=1S/C10H14ClNOS/c1-3-12(6-5-11)10(13)9-8(2)4-7-14-9/h4,7H,3,5-6H2,1-2H3. The zero-order valence-electron chi connectivity index (χ0n) is 8.42. The van der Waals surface area contributed by atoms with Crippen molar-refractivity contribution in [1.82, 2.24) is 4.90 Å². The maximum absolute atomic E-state index is 11.9. The van der Waals surface area contributed by atoms with Gasteiger partial charge in [-0.15, -0.1) is 22.9 Å². The number of hydrogen-bond donors (Lipinski definition) is 0. The van der Waals surface area contributed by atoms with Gasteiger partial charge < -0.3 is 4.90 Å². The van der Waals surface area contributed by atoms with Crippen molar-refractivity contribution in [1.29, 1.82) is 0 Å². The Labute approximate surface area is 93.5 Å². The van der Waals surface area contributed by atoms with Crippen molar-refractivity contribution in [2.75, 3.05) is 19.0 Å². The number of rotatable bonds is 4. The highest BCUT2D eigenvalue weighted by Gasteiger charge is 2.16. The van der Waals surface area contributed by atoms with Crippen molar-refractivity contribution in [2.45, 2.75) is 13.8 Å². The SMILES string of the molecule is CCN(CCCl)C(=O)c1sccc1C. The van der Waals surface area contributed by atoms with Crippen LogP contribution in [0, 0.1) is 6.92 Å². The molecule has 0 atom stereocenters. The molecule has 0 unspecified atom stereocenters. The Morgan fingerprint density at radius 2 is 2.36 bits per heavy atom. The van der Waals surface area contributed by atoms with Crippen LogP contribution in [0.3, 0.4) is 0 Å². The van der Waals surface area contributed by atoms with Gasteiger partial charge in [0.15, 0.2) is 0 Å². The molecule has 4 heteroatoms. The van der Waals surface area contributed by atoms with Crippen LogP contribution in [0.5, 0.6) is 0 Å². The molecule has 0 aliphatic heterocycles. The number of halogens is 1. The van der Waals surface area contributed by atoms with Crippen molar-refractivity contribution in [3.05, 3.63) is 21.9 Å². The van der Waals surface area contributed by atoms with Crippen LogP contribution < -0.4 is 0 Å². The summed E-state index contributed by atoms with van der Waals surface area (Å²) < 4.78 is 0. The third-order valence-corrected chi connectivity index (χ3v) is 3.25. The molecule has 0 aromatic carbocycles. The molecule has 1 rings (SSSR count). The first-order chi connectivity index (χ1) is 6.70. The Kier molecular flexibility index (Phi) is 4.42. The molecule has 0 saturated carbocycles. The number of carbonyl (C=O) groups is 1. The van der Waals surface area contributed by atoms with Gasteiger partial charge in [0.25, 0.3) is 5.91 Å². The fourth-order valence-electron chi connectivity index (χ4n) is 1.24. The molecule has 0 aliphatic carbocycles. The molecule has 0 N–H and O–H groups in total. The molecule has 0 aliphatic rings. The second-order valence-corrected chi connectivity index (χ2v) is 4.30. The van der Waals surface area contributed by atoms with Gasteiger partial charge in [-0.05, 0) is 30.9 Å². The van der Waals surface area contributed by atoms with Crippen LogP contribution >= 0.6 is 22.9 Å². The summed E-state index contributed by atoms with van der Waals surface area (Å²) >= 11 is 7.12. The third-order valence-electron chi connectivity index (χ3n) is 2.08. The fraction of sp³-hybridized carbons (Fsp3) is 0.500. The first-order valence-electron chi connectivity index (χ1n) is 4.60. The number of carbonyl (C=O) groups excluding carboxylic acids is 1. The molecule has 0 bridgehead atoms. The molecule has 0 radical (unpaired) electrons. The van der Waals surface area contributed by atoms with Gasteiger partial charge in [0, 0.05) is 19.0 Å². The lowest BCUT2D eigenvalue weighted by Gasteiger charge is -2.18. The number of hydrogen-bond acceptors (Lipinski definition) is 2. The van der Waals surface area contributed by atoms with Gasteiger partial charge >= 0.3 is 0 Å². The van der Waals surface area contributed by atoms with Crippen LogP contribution in [0.15, 0.2) is 11.4 Å². The predicted octanol–water partition coefficient (Wildman–Crippen LogP) is 2.76. The van der Waals surface area contributed by atoms with E-state index >= 15 is 0 Å². The molecule has 1 heterocycles. The highest BCUT2D eigenvalue weighted by atomic mass is 35.5. The third kappa shape index (κ3) is 2.49. The van der Waals surface area contributed by atoms with Gasteiger partial charge in [0.05, 0.1) is 4.88 Å². The molecular formula is C10H14ClNOS. The number of amides is 1. The number of aryl methyl sites for hydroxylation is 1. The van der Waals surface area contributed by atoms with Crippen LogP contribution in [0.1, 0.15) is 22.2 Å². The molecule has 0 saturated heterocycles. The zero-order chi connectivity index (χ0) is 10.6. The van der Waals surface area contributed by atoms with E-state index in [1.54, 1.807) is 4.90 Å². The van der Waals surface area contributed by atoms with Gasteiger partial charge in [-0.3, -0.25) is 4.79 Å². The van der Waals surface area contributed by atoms with Crippen LogP contribution in [-0.4, -0.2) is 29.8 Å². The lowest BCUT2D eigenvalue weighted by molar-refractivity contribution is 0.0778. The average molecular weight is 232 g/mol. The van der Waals surface area contributed by atoms with E-state index < -0.39 is 0 Å². The summed E-state index contributed by atoms with van der Waals surface area (Å²) in [4.78, 5) is 14.5. The minimum atomic E-state index is 0.0978. The summed E-state index contributed by atoms with van der Waals surface area (Å²) in [6, 6.07) is 1.96. The van der Waals surface area contributed by atoms with Gasteiger partial charge in [0.1, 0.15) is 0 Å². The maximum Gasteiger partial charge on any atom is 0.264 e. The molecule has 14 heavy (non-hydrogen) atoms. The molecule has 1 aromatic rings. The van der Waals surface area contributed by atoms with Crippen molar-refractivity contribution >= 4 is 28.8 Å². The highest BCUT2D eigenvalue weighted by molar-refractivity contribution is 7.12. The van der Waals surface area contributed by atoms with E-state index in [1.165, 1.54) is 11.3 Å². The summed E-state index contributed by atoms with van der Waals surface area (Å²) in [7, 11) is 0. The lowest BCUT2D eigenvalue weighted by Crippen LogP contribution is -2.32. The molecule has 1 amide bonds. The number of thiophene rings is 1. The van der Waals surface area contributed by atoms with Gasteiger partial charge in [-0.1, -0.05) is 0 Å². The van der Waals surface area contributed by atoms with E-state index in [0.717, 1.165) is 10.4 Å². The zero-order valence-corrected chi connectivity index (χ0v) is 9.99. The molecule has 1 aromatic heterocycles. The summed E-state index contributed by atoms with van der Waals surface area (Å²) in [5, 5.41) is 1.94. The van der Waals surface area contributed by atoms with Crippen LogP contribution in [0.2, 0.25) is 0 Å². The maximum atomic E-state index is 11.9. The van der Waals surface area contributed by atoms with E-state index in [9.17, 15) is 4.79 Å². The average Bonchev–Trinajstić information content (AvgIpc) is 2.59. The molecular weight excluding hydrogens is 218 g/mol. The molecule has 2 nitrogen and oxygen atoms in total. The quantitative estimate of drug-likeness (QED) is 0.730. The summed E-state index contributed by atoms with van der Waals surface area (Å²) in [5.41, 5.74) is 1.05. The van der Waals surface area contributed by atoms with Crippen LogP contribution in [-0.2, 0) is 0 Å². The minimum absolute atomic E-state index is 0.0978. The second kappa shape index (κ2) is 5.37. The number of nitrogens with zero attached hydrogens (tertiary/aromatic N) is 1. The fourth-order valence-corrected chi connectivity index (χ4v) is 2.34. The largest absolute Gasteiger partial charge is 0.337 e. The van der Waals surface area contributed by atoms with Crippen molar-refractivity contribution in [3.63, 3.8) is 0 Å². The molecule has 0 fully saturated rings. The summed E-state index contributed by atoms with van der Waals surface area (Å²) in [5.74, 6) is 0.588. The molecule has 78 valence electrons. The van der Waals surface area contributed by atoms with E-state index in [4.69, 9.17) is 11.6 Å². The van der Waals surface area contributed by atoms with E-state index in [0.29, 0.717) is 19.0 Å². The Morgan fingerprint density at radius 3 is 2.79 bits per heavy atom. The van der Waals surface area contributed by atoms with E-state index in [-0.39, 0.29) is 5.91 Å². The summed E-state index contributed by atoms with van der Waals surface area (Å²) in [6.45, 7) is 5.25. The topological polar surface area (TPSA) is 20.3 Å². The van der Waals surface area contributed by atoms with Gasteiger partial charge in [0.2, 0.25) is 0 Å². The Balaban J connectivity index is 2.78. The van der Waals surface area contributed by atoms with Crippen molar-refractivity contribution in [2.24, 2.45) is 0 Å².